The maximum atomic E-state index is 5.50. The highest BCUT2D eigenvalue weighted by molar-refractivity contribution is 5.38. The van der Waals surface area contributed by atoms with Gasteiger partial charge < -0.3 is 15.0 Å². The molecule has 1 aromatic rings. The lowest BCUT2D eigenvalue weighted by Gasteiger charge is -2.36. The van der Waals surface area contributed by atoms with Crippen molar-refractivity contribution >= 4 is 5.82 Å². The normalized spacial score (nSPS) is 21.1. The second-order valence-electron chi connectivity index (χ2n) is 3.81. The molecule has 1 saturated heterocycles. The first-order chi connectivity index (χ1) is 7.92. The summed E-state index contributed by atoms with van der Waals surface area (Å²) in [6.45, 7) is 6.41. The summed E-state index contributed by atoms with van der Waals surface area (Å²) in [6, 6.07) is 4.27. The minimum Gasteiger partial charge on any atom is -0.377 e. The molecule has 0 aliphatic carbocycles. The van der Waals surface area contributed by atoms with E-state index in [1.54, 1.807) is 6.20 Å². The zero-order valence-electron chi connectivity index (χ0n) is 9.59. The van der Waals surface area contributed by atoms with Gasteiger partial charge in [0.1, 0.15) is 0 Å². The summed E-state index contributed by atoms with van der Waals surface area (Å²) in [5, 5.41) is 11.4. The molecule has 5 nitrogen and oxygen atoms in total. The molecule has 1 unspecified atom stereocenters. The van der Waals surface area contributed by atoms with Crippen LogP contribution >= 0.6 is 0 Å². The first-order valence-electron chi connectivity index (χ1n) is 5.74. The quantitative estimate of drug-likeness (QED) is 0.793. The predicted octanol–water partition coefficient (Wildman–Crippen LogP) is 0.291. The summed E-state index contributed by atoms with van der Waals surface area (Å²) >= 11 is 0. The Morgan fingerprint density at radius 2 is 2.56 bits per heavy atom. The van der Waals surface area contributed by atoms with Crippen LogP contribution in [0.25, 0.3) is 0 Å². The third-order valence-electron chi connectivity index (χ3n) is 2.71. The Morgan fingerprint density at radius 1 is 1.62 bits per heavy atom. The average molecular weight is 222 g/mol. The van der Waals surface area contributed by atoms with E-state index in [1.165, 1.54) is 0 Å². The summed E-state index contributed by atoms with van der Waals surface area (Å²) < 4.78 is 5.50. The highest BCUT2D eigenvalue weighted by Crippen LogP contribution is 2.15. The molecule has 16 heavy (non-hydrogen) atoms. The van der Waals surface area contributed by atoms with Crippen molar-refractivity contribution in [3.05, 3.63) is 18.3 Å². The number of hydrogen-bond donors (Lipinski definition) is 1. The molecule has 1 atom stereocenters. The largest absolute Gasteiger partial charge is 0.377 e. The van der Waals surface area contributed by atoms with Gasteiger partial charge in [0.2, 0.25) is 0 Å². The van der Waals surface area contributed by atoms with Crippen LogP contribution in [0.2, 0.25) is 0 Å². The number of likely N-dealkylation sites (N-methyl/N-ethyl adjacent to an activating group) is 1. The van der Waals surface area contributed by atoms with Gasteiger partial charge >= 0.3 is 0 Å². The number of nitrogens with one attached hydrogen (secondary N) is 1. The third kappa shape index (κ3) is 2.68. The molecular weight excluding hydrogens is 204 g/mol. The second kappa shape index (κ2) is 5.77. The van der Waals surface area contributed by atoms with E-state index < -0.39 is 0 Å². The number of nitrogens with zero attached hydrogens (tertiary/aromatic N) is 3. The van der Waals surface area contributed by atoms with Crippen LogP contribution in [0.5, 0.6) is 0 Å². The van der Waals surface area contributed by atoms with Crippen LogP contribution in [0.4, 0.5) is 5.82 Å². The highest BCUT2D eigenvalue weighted by atomic mass is 16.5. The van der Waals surface area contributed by atoms with Crippen LogP contribution in [0, 0.1) is 0 Å². The first-order valence-corrected chi connectivity index (χ1v) is 5.74. The summed E-state index contributed by atoms with van der Waals surface area (Å²) in [5.41, 5.74) is 0. The molecule has 1 aliphatic heterocycles. The predicted molar refractivity (Wildman–Crippen MR) is 62.5 cm³/mol. The molecule has 1 fully saturated rings. The molecule has 1 aromatic heterocycles. The van der Waals surface area contributed by atoms with Gasteiger partial charge in [-0.3, -0.25) is 0 Å². The Bertz CT molecular complexity index is 306. The van der Waals surface area contributed by atoms with Gasteiger partial charge in [0.05, 0.1) is 19.3 Å². The SMILES string of the molecule is CCNCC1COCCN1c1cccnn1. The van der Waals surface area contributed by atoms with Gasteiger partial charge in [0.15, 0.2) is 5.82 Å². The number of anilines is 1. The first kappa shape index (κ1) is 11.3. The van der Waals surface area contributed by atoms with E-state index in [2.05, 4.69) is 27.3 Å². The van der Waals surface area contributed by atoms with Crippen LogP contribution < -0.4 is 10.2 Å². The molecule has 2 heterocycles. The molecular formula is C11H18N4O. The van der Waals surface area contributed by atoms with Crippen molar-refractivity contribution in [2.75, 3.05) is 37.7 Å². The molecule has 2 rings (SSSR count). The minimum atomic E-state index is 0.352. The number of morpholine rings is 1. The Morgan fingerprint density at radius 3 is 3.31 bits per heavy atom. The molecule has 88 valence electrons. The van der Waals surface area contributed by atoms with Gasteiger partial charge in [-0.1, -0.05) is 6.92 Å². The number of hydrogen-bond acceptors (Lipinski definition) is 5. The van der Waals surface area contributed by atoms with Crippen LogP contribution in [-0.2, 0) is 4.74 Å². The Labute approximate surface area is 95.8 Å². The van der Waals surface area contributed by atoms with Crippen LogP contribution in [0.3, 0.4) is 0 Å². The maximum absolute atomic E-state index is 5.50. The van der Waals surface area contributed by atoms with Gasteiger partial charge in [-0.05, 0) is 18.7 Å². The van der Waals surface area contributed by atoms with Crippen molar-refractivity contribution in [2.45, 2.75) is 13.0 Å². The van der Waals surface area contributed by atoms with E-state index in [-0.39, 0.29) is 0 Å². The van der Waals surface area contributed by atoms with Crippen molar-refractivity contribution in [2.24, 2.45) is 0 Å². The lowest BCUT2D eigenvalue weighted by atomic mass is 10.2. The fraction of sp³-hybridized carbons (Fsp3) is 0.636. The number of rotatable bonds is 4. The fourth-order valence-corrected chi connectivity index (χ4v) is 1.88. The minimum absolute atomic E-state index is 0.352. The van der Waals surface area contributed by atoms with E-state index in [9.17, 15) is 0 Å². The molecule has 0 spiro atoms. The van der Waals surface area contributed by atoms with Crippen molar-refractivity contribution in [1.29, 1.82) is 0 Å². The fourth-order valence-electron chi connectivity index (χ4n) is 1.88. The van der Waals surface area contributed by atoms with E-state index >= 15 is 0 Å². The smallest absolute Gasteiger partial charge is 0.151 e. The van der Waals surface area contributed by atoms with Crippen LogP contribution in [0.1, 0.15) is 6.92 Å². The lowest BCUT2D eigenvalue weighted by Crippen LogP contribution is -2.51. The molecule has 1 N–H and O–H groups in total. The van der Waals surface area contributed by atoms with Crippen LogP contribution in [0.15, 0.2) is 18.3 Å². The highest BCUT2D eigenvalue weighted by Gasteiger charge is 2.23. The summed E-state index contributed by atoms with van der Waals surface area (Å²) in [4.78, 5) is 2.26. The lowest BCUT2D eigenvalue weighted by molar-refractivity contribution is 0.0934. The van der Waals surface area contributed by atoms with Crippen molar-refractivity contribution < 1.29 is 4.74 Å². The Kier molecular flexibility index (Phi) is 4.07. The Balaban J connectivity index is 2.04. The Hall–Kier alpha value is -1.20. The van der Waals surface area contributed by atoms with Gasteiger partial charge in [-0.25, -0.2) is 0 Å². The zero-order chi connectivity index (χ0) is 11.2. The monoisotopic (exact) mass is 222 g/mol. The van der Waals surface area contributed by atoms with Gasteiger partial charge in [-0.2, -0.15) is 5.10 Å². The standard InChI is InChI=1S/C11H18N4O/c1-2-12-8-10-9-16-7-6-15(10)11-4-3-5-13-14-11/h3-5,10,12H,2,6-9H2,1H3. The van der Waals surface area contributed by atoms with Crippen LogP contribution in [-0.4, -0.2) is 49.1 Å². The number of aromatic nitrogens is 2. The molecule has 5 heteroatoms. The van der Waals surface area contributed by atoms with Crippen molar-refractivity contribution in [3.8, 4) is 0 Å². The maximum Gasteiger partial charge on any atom is 0.151 e. The topological polar surface area (TPSA) is 50.3 Å². The third-order valence-corrected chi connectivity index (χ3v) is 2.71. The van der Waals surface area contributed by atoms with E-state index in [0.29, 0.717) is 6.04 Å². The van der Waals surface area contributed by atoms with Crippen molar-refractivity contribution in [3.63, 3.8) is 0 Å². The molecule has 0 saturated carbocycles. The average Bonchev–Trinajstić information content (AvgIpc) is 2.38. The molecule has 0 bridgehead atoms. The molecule has 0 amide bonds. The summed E-state index contributed by atoms with van der Waals surface area (Å²) in [5.74, 6) is 0.939. The van der Waals surface area contributed by atoms with Crippen molar-refractivity contribution in [1.82, 2.24) is 15.5 Å². The second-order valence-corrected chi connectivity index (χ2v) is 3.81. The zero-order valence-corrected chi connectivity index (χ0v) is 9.59. The summed E-state index contributed by atoms with van der Waals surface area (Å²) in [7, 11) is 0. The van der Waals surface area contributed by atoms with E-state index in [0.717, 1.165) is 38.7 Å². The van der Waals surface area contributed by atoms with Gasteiger partial charge in [0, 0.05) is 19.3 Å². The van der Waals surface area contributed by atoms with Gasteiger partial charge in [0.25, 0.3) is 0 Å². The molecule has 0 aromatic carbocycles. The summed E-state index contributed by atoms with van der Waals surface area (Å²) in [6.07, 6.45) is 1.70. The molecule has 1 aliphatic rings. The number of ether oxygens (including phenoxy) is 1. The van der Waals surface area contributed by atoms with E-state index in [4.69, 9.17) is 4.74 Å². The van der Waals surface area contributed by atoms with E-state index in [1.807, 2.05) is 12.1 Å². The molecule has 0 radical (unpaired) electrons. The van der Waals surface area contributed by atoms with Gasteiger partial charge in [-0.15, -0.1) is 5.10 Å².